The Balaban J connectivity index is 1.77. The predicted octanol–water partition coefficient (Wildman–Crippen LogP) is 2.39. The summed E-state index contributed by atoms with van der Waals surface area (Å²) in [6, 6.07) is 4.70. The van der Waals surface area contributed by atoms with Crippen molar-refractivity contribution >= 4 is 15.9 Å². The van der Waals surface area contributed by atoms with Gasteiger partial charge in [0, 0.05) is 23.6 Å². The molecule has 2 aliphatic heterocycles. The topological polar surface area (TPSA) is 47.7 Å². The van der Waals surface area contributed by atoms with Crippen LogP contribution in [0.2, 0.25) is 0 Å². The molecule has 20 heavy (non-hydrogen) atoms. The first-order chi connectivity index (χ1) is 9.67. The molecule has 4 nitrogen and oxygen atoms in total. The van der Waals surface area contributed by atoms with Gasteiger partial charge in [-0.25, -0.2) is 0 Å². The van der Waals surface area contributed by atoms with Crippen molar-refractivity contribution < 1.29 is 9.47 Å². The lowest BCUT2D eigenvalue weighted by Crippen LogP contribution is -2.27. The maximum atomic E-state index is 5.80. The van der Waals surface area contributed by atoms with E-state index in [0.29, 0.717) is 25.2 Å². The molecule has 1 aromatic carbocycles. The number of halogens is 1. The lowest BCUT2D eigenvalue weighted by atomic mass is 10.1. The number of rotatable bonds is 3. The maximum absolute atomic E-state index is 5.80. The number of hydrogen-bond donors (Lipinski definition) is 1. The van der Waals surface area contributed by atoms with Crippen molar-refractivity contribution in [2.24, 2.45) is 11.7 Å². The summed E-state index contributed by atoms with van der Waals surface area (Å²) in [5.74, 6) is 2.32. The van der Waals surface area contributed by atoms with Gasteiger partial charge in [0.05, 0.1) is 0 Å². The Bertz CT molecular complexity index is 495. The minimum absolute atomic E-state index is 0.587. The van der Waals surface area contributed by atoms with Gasteiger partial charge in [0.25, 0.3) is 0 Å². The standard InChI is InChI=1S/C15H21BrN2O2/c1-10-4-11(7-17)8-18(10)9-12-5-14-15(6-13(12)16)20-3-2-19-14/h5-6,10-11H,2-4,7-9,17H2,1H3. The van der Waals surface area contributed by atoms with Crippen LogP contribution in [0.3, 0.4) is 0 Å². The van der Waals surface area contributed by atoms with Crippen LogP contribution in [0.4, 0.5) is 0 Å². The van der Waals surface area contributed by atoms with E-state index in [4.69, 9.17) is 15.2 Å². The summed E-state index contributed by atoms with van der Waals surface area (Å²) in [4.78, 5) is 2.49. The van der Waals surface area contributed by atoms with Crippen LogP contribution in [-0.2, 0) is 6.54 Å². The first-order valence-corrected chi connectivity index (χ1v) is 7.99. The number of ether oxygens (including phenoxy) is 2. The fourth-order valence-corrected chi connectivity index (χ4v) is 3.50. The molecular formula is C15H21BrN2O2. The van der Waals surface area contributed by atoms with E-state index in [0.717, 1.165) is 35.6 Å². The minimum atomic E-state index is 0.587. The van der Waals surface area contributed by atoms with Crippen molar-refractivity contribution in [3.63, 3.8) is 0 Å². The molecule has 2 aliphatic rings. The van der Waals surface area contributed by atoms with Crippen molar-refractivity contribution in [1.82, 2.24) is 4.90 Å². The highest BCUT2D eigenvalue weighted by atomic mass is 79.9. The summed E-state index contributed by atoms with van der Waals surface area (Å²) in [6.07, 6.45) is 1.19. The Kier molecular flexibility index (Phi) is 4.19. The number of fused-ring (bicyclic) bond motifs is 1. The van der Waals surface area contributed by atoms with E-state index in [-0.39, 0.29) is 0 Å². The zero-order chi connectivity index (χ0) is 14.1. The van der Waals surface area contributed by atoms with Crippen LogP contribution in [0.25, 0.3) is 0 Å². The fourth-order valence-electron chi connectivity index (χ4n) is 3.05. The zero-order valence-corrected chi connectivity index (χ0v) is 13.4. The number of nitrogens with zero attached hydrogens (tertiary/aromatic N) is 1. The van der Waals surface area contributed by atoms with Crippen LogP contribution in [0.5, 0.6) is 11.5 Å². The van der Waals surface area contributed by atoms with Gasteiger partial charge in [0.1, 0.15) is 13.2 Å². The van der Waals surface area contributed by atoms with Crippen LogP contribution < -0.4 is 15.2 Å². The Labute approximate surface area is 128 Å². The van der Waals surface area contributed by atoms with Gasteiger partial charge in [-0.2, -0.15) is 0 Å². The largest absolute Gasteiger partial charge is 0.486 e. The smallest absolute Gasteiger partial charge is 0.162 e. The summed E-state index contributed by atoms with van der Waals surface area (Å²) in [6.45, 7) is 6.32. The van der Waals surface area contributed by atoms with Gasteiger partial charge in [-0.1, -0.05) is 15.9 Å². The average Bonchev–Trinajstić information content (AvgIpc) is 2.80. The van der Waals surface area contributed by atoms with E-state index in [2.05, 4.69) is 33.8 Å². The fraction of sp³-hybridized carbons (Fsp3) is 0.600. The molecule has 2 N–H and O–H groups in total. The molecule has 2 atom stereocenters. The molecule has 0 aliphatic carbocycles. The van der Waals surface area contributed by atoms with Gasteiger partial charge in [-0.05, 0) is 43.5 Å². The second-order valence-corrected chi connectivity index (χ2v) is 6.56. The second kappa shape index (κ2) is 5.92. The summed E-state index contributed by atoms with van der Waals surface area (Å²) < 4.78 is 12.4. The monoisotopic (exact) mass is 340 g/mol. The van der Waals surface area contributed by atoms with Crippen LogP contribution in [0.15, 0.2) is 16.6 Å². The molecule has 1 saturated heterocycles. The molecule has 0 aromatic heterocycles. The quantitative estimate of drug-likeness (QED) is 0.917. The van der Waals surface area contributed by atoms with Gasteiger partial charge in [0.15, 0.2) is 11.5 Å². The molecule has 0 bridgehead atoms. The van der Waals surface area contributed by atoms with Gasteiger partial charge in [-0.15, -0.1) is 0 Å². The maximum Gasteiger partial charge on any atom is 0.162 e. The summed E-state index contributed by atoms with van der Waals surface area (Å²) in [5.41, 5.74) is 7.05. The Morgan fingerprint density at radius 3 is 2.65 bits per heavy atom. The highest BCUT2D eigenvalue weighted by Crippen LogP contribution is 2.37. The van der Waals surface area contributed by atoms with Crippen LogP contribution in [0.1, 0.15) is 18.9 Å². The summed E-state index contributed by atoms with van der Waals surface area (Å²) in [5, 5.41) is 0. The van der Waals surface area contributed by atoms with Crippen molar-refractivity contribution in [2.75, 3.05) is 26.3 Å². The molecular weight excluding hydrogens is 320 g/mol. The number of nitrogens with two attached hydrogens (primary N) is 1. The predicted molar refractivity (Wildman–Crippen MR) is 82.2 cm³/mol. The van der Waals surface area contributed by atoms with E-state index < -0.39 is 0 Å². The van der Waals surface area contributed by atoms with Crippen molar-refractivity contribution in [2.45, 2.75) is 25.9 Å². The Hall–Kier alpha value is -0.780. The van der Waals surface area contributed by atoms with Crippen molar-refractivity contribution in [3.8, 4) is 11.5 Å². The second-order valence-electron chi connectivity index (χ2n) is 5.70. The highest BCUT2D eigenvalue weighted by Gasteiger charge is 2.28. The van der Waals surface area contributed by atoms with E-state index >= 15 is 0 Å². The molecule has 0 amide bonds. The van der Waals surface area contributed by atoms with Crippen LogP contribution in [0, 0.1) is 5.92 Å². The normalized spacial score (nSPS) is 25.9. The molecule has 0 radical (unpaired) electrons. The summed E-state index contributed by atoms with van der Waals surface area (Å²) in [7, 11) is 0. The lowest BCUT2D eigenvalue weighted by Gasteiger charge is -2.24. The van der Waals surface area contributed by atoms with Crippen molar-refractivity contribution in [3.05, 3.63) is 22.2 Å². The molecule has 2 heterocycles. The number of benzene rings is 1. The first kappa shape index (κ1) is 14.2. The van der Waals surface area contributed by atoms with Crippen molar-refractivity contribution in [1.29, 1.82) is 0 Å². The molecule has 3 rings (SSSR count). The molecule has 1 fully saturated rings. The Morgan fingerprint density at radius 2 is 2.00 bits per heavy atom. The van der Waals surface area contributed by atoms with E-state index in [1.165, 1.54) is 12.0 Å². The highest BCUT2D eigenvalue weighted by molar-refractivity contribution is 9.10. The van der Waals surface area contributed by atoms with Crippen LogP contribution in [-0.4, -0.2) is 37.2 Å². The first-order valence-electron chi connectivity index (χ1n) is 7.19. The molecule has 0 saturated carbocycles. The number of hydrogen-bond acceptors (Lipinski definition) is 4. The average molecular weight is 341 g/mol. The van der Waals surface area contributed by atoms with E-state index in [1.54, 1.807) is 0 Å². The van der Waals surface area contributed by atoms with E-state index in [1.807, 2.05) is 6.07 Å². The summed E-state index contributed by atoms with van der Waals surface area (Å²) >= 11 is 3.65. The molecule has 110 valence electrons. The van der Waals surface area contributed by atoms with Crippen LogP contribution >= 0.6 is 15.9 Å². The lowest BCUT2D eigenvalue weighted by molar-refractivity contribution is 0.170. The van der Waals surface area contributed by atoms with E-state index in [9.17, 15) is 0 Å². The van der Waals surface area contributed by atoms with Gasteiger partial charge >= 0.3 is 0 Å². The SMILES string of the molecule is CC1CC(CN)CN1Cc1cc2c(cc1Br)OCCO2. The third-order valence-electron chi connectivity index (χ3n) is 4.21. The zero-order valence-electron chi connectivity index (χ0n) is 11.8. The third-order valence-corrected chi connectivity index (χ3v) is 4.95. The minimum Gasteiger partial charge on any atom is -0.486 e. The number of likely N-dealkylation sites (tertiary alicyclic amines) is 1. The molecule has 1 aromatic rings. The third kappa shape index (κ3) is 2.80. The molecule has 2 unspecified atom stereocenters. The van der Waals surface area contributed by atoms with Gasteiger partial charge in [-0.3, -0.25) is 4.90 Å². The molecule has 5 heteroatoms. The van der Waals surface area contributed by atoms with Gasteiger partial charge < -0.3 is 15.2 Å². The molecule has 0 spiro atoms. The Morgan fingerprint density at radius 1 is 1.30 bits per heavy atom. The van der Waals surface area contributed by atoms with Gasteiger partial charge in [0.2, 0.25) is 0 Å².